The maximum atomic E-state index is 4.97. The third-order valence-corrected chi connectivity index (χ3v) is 2.54. The molecule has 0 aromatic carbocycles. The molecule has 0 aliphatic carbocycles. The van der Waals surface area contributed by atoms with Crippen LogP contribution in [0.25, 0.3) is 0 Å². The van der Waals surface area contributed by atoms with Gasteiger partial charge >= 0.3 is 0 Å². The van der Waals surface area contributed by atoms with E-state index in [1.165, 1.54) is 32.2 Å². The highest BCUT2D eigenvalue weighted by Crippen LogP contribution is 2.07. The number of hydrogen-bond acceptors (Lipinski definition) is 3. The van der Waals surface area contributed by atoms with Crippen molar-refractivity contribution in [1.82, 2.24) is 10.6 Å². The number of hydrogen-bond donors (Lipinski definition) is 2. The standard InChI is InChI=1S/C10H22N2O/c1-13-8-7-11-9-10-5-3-2-4-6-12-10/h10-12H,2-9H2,1H3. The molecule has 0 saturated carbocycles. The summed E-state index contributed by atoms with van der Waals surface area (Å²) in [6.07, 6.45) is 5.43. The SMILES string of the molecule is COCCNCC1CCCCCN1. The minimum atomic E-state index is 0.680. The Morgan fingerprint density at radius 3 is 3.15 bits per heavy atom. The second-order valence-electron chi connectivity index (χ2n) is 3.70. The van der Waals surface area contributed by atoms with Crippen LogP contribution in [0.2, 0.25) is 0 Å². The van der Waals surface area contributed by atoms with Crippen molar-refractivity contribution in [2.24, 2.45) is 0 Å². The zero-order valence-corrected chi connectivity index (χ0v) is 8.64. The first-order chi connectivity index (χ1) is 6.43. The van der Waals surface area contributed by atoms with Crippen LogP contribution < -0.4 is 10.6 Å². The highest BCUT2D eigenvalue weighted by molar-refractivity contribution is 4.72. The summed E-state index contributed by atoms with van der Waals surface area (Å²) < 4.78 is 4.97. The topological polar surface area (TPSA) is 33.3 Å². The van der Waals surface area contributed by atoms with Crippen molar-refractivity contribution in [1.29, 1.82) is 0 Å². The zero-order valence-electron chi connectivity index (χ0n) is 8.64. The zero-order chi connectivity index (χ0) is 9.36. The maximum Gasteiger partial charge on any atom is 0.0587 e. The van der Waals surface area contributed by atoms with Crippen molar-refractivity contribution in [3.63, 3.8) is 0 Å². The van der Waals surface area contributed by atoms with E-state index in [9.17, 15) is 0 Å². The molecule has 1 fully saturated rings. The molecule has 1 saturated heterocycles. The predicted octanol–water partition coefficient (Wildman–Crippen LogP) is 0.755. The summed E-state index contributed by atoms with van der Waals surface area (Å²) in [5, 5.41) is 6.95. The Labute approximate surface area is 81.2 Å². The summed E-state index contributed by atoms with van der Waals surface area (Å²) >= 11 is 0. The summed E-state index contributed by atoms with van der Waals surface area (Å²) in [6.45, 7) is 4.06. The Bertz CT molecular complexity index is 111. The lowest BCUT2D eigenvalue weighted by atomic mass is 10.1. The van der Waals surface area contributed by atoms with Gasteiger partial charge in [0.05, 0.1) is 6.61 Å². The Morgan fingerprint density at radius 2 is 2.31 bits per heavy atom. The minimum absolute atomic E-state index is 0.680. The second-order valence-corrected chi connectivity index (χ2v) is 3.70. The monoisotopic (exact) mass is 186 g/mol. The third kappa shape index (κ3) is 5.24. The van der Waals surface area contributed by atoms with Crippen LogP contribution in [0.3, 0.4) is 0 Å². The van der Waals surface area contributed by atoms with Gasteiger partial charge in [0.1, 0.15) is 0 Å². The van der Waals surface area contributed by atoms with Crippen LogP contribution >= 0.6 is 0 Å². The Hall–Kier alpha value is -0.120. The molecule has 1 atom stereocenters. The van der Waals surface area contributed by atoms with Gasteiger partial charge < -0.3 is 15.4 Å². The van der Waals surface area contributed by atoms with Gasteiger partial charge in [-0.3, -0.25) is 0 Å². The van der Waals surface area contributed by atoms with E-state index in [4.69, 9.17) is 4.74 Å². The first-order valence-corrected chi connectivity index (χ1v) is 5.36. The fraction of sp³-hybridized carbons (Fsp3) is 1.00. The molecule has 1 aliphatic rings. The average molecular weight is 186 g/mol. The van der Waals surface area contributed by atoms with Crippen molar-refractivity contribution in [3.8, 4) is 0 Å². The van der Waals surface area contributed by atoms with Crippen molar-refractivity contribution in [3.05, 3.63) is 0 Å². The van der Waals surface area contributed by atoms with E-state index in [0.717, 1.165) is 19.7 Å². The van der Waals surface area contributed by atoms with Gasteiger partial charge in [-0.25, -0.2) is 0 Å². The molecule has 1 rings (SSSR count). The quantitative estimate of drug-likeness (QED) is 0.622. The molecule has 3 nitrogen and oxygen atoms in total. The molecule has 0 amide bonds. The second kappa shape index (κ2) is 7.30. The van der Waals surface area contributed by atoms with Gasteiger partial charge in [-0.2, -0.15) is 0 Å². The van der Waals surface area contributed by atoms with Crippen LogP contribution in [0.15, 0.2) is 0 Å². The molecule has 0 spiro atoms. The first kappa shape index (κ1) is 11.0. The molecule has 3 heteroatoms. The summed E-state index contributed by atoms with van der Waals surface area (Å²) in [5.41, 5.74) is 0. The molecule has 2 N–H and O–H groups in total. The maximum absolute atomic E-state index is 4.97. The van der Waals surface area contributed by atoms with Gasteiger partial charge in [-0.15, -0.1) is 0 Å². The fourth-order valence-electron chi connectivity index (χ4n) is 1.73. The summed E-state index contributed by atoms with van der Waals surface area (Å²) in [6, 6.07) is 0.680. The highest BCUT2D eigenvalue weighted by atomic mass is 16.5. The van der Waals surface area contributed by atoms with Gasteiger partial charge in [0.15, 0.2) is 0 Å². The fourth-order valence-corrected chi connectivity index (χ4v) is 1.73. The predicted molar refractivity (Wildman–Crippen MR) is 55.0 cm³/mol. The molecule has 0 aromatic heterocycles. The van der Waals surface area contributed by atoms with Crippen LogP contribution in [0, 0.1) is 0 Å². The Kier molecular flexibility index (Phi) is 6.15. The van der Waals surface area contributed by atoms with E-state index in [1.807, 2.05) is 0 Å². The lowest BCUT2D eigenvalue weighted by molar-refractivity contribution is 0.198. The smallest absolute Gasteiger partial charge is 0.0587 e. The molecule has 0 bridgehead atoms. The normalized spacial score (nSPS) is 24.2. The molecule has 1 aliphatic heterocycles. The summed E-state index contributed by atoms with van der Waals surface area (Å²) in [7, 11) is 1.74. The molecule has 78 valence electrons. The van der Waals surface area contributed by atoms with E-state index < -0.39 is 0 Å². The Balaban J connectivity index is 1.98. The van der Waals surface area contributed by atoms with Crippen LogP contribution in [-0.2, 0) is 4.74 Å². The van der Waals surface area contributed by atoms with E-state index in [1.54, 1.807) is 7.11 Å². The highest BCUT2D eigenvalue weighted by Gasteiger charge is 2.09. The first-order valence-electron chi connectivity index (χ1n) is 5.36. The molecule has 0 radical (unpaired) electrons. The number of ether oxygens (including phenoxy) is 1. The van der Waals surface area contributed by atoms with Crippen LogP contribution in [-0.4, -0.2) is 39.4 Å². The largest absolute Gasteiger partial charge is 0.383 e. The molecular weight excluding hydrogens is 164 g/mol. The van der Waals surface area contributed by atoms with E-state index in [2.05, 4.69) is 10.6 Å². The third-order valence-electron chi connectivity index (χ3n) is 2.54. The minimum Gasteiger partial charge on any atom is -0.383 e. The van der Waals surface area contributed by atoms with Gasteiger partial charge in [-0.1, -0.05) is 12.8 Å². The van der Waals surface area contributed by atoms with Gasteiger partial charge in [0.2, 0.25) is 0 Å². The van der Waals surface area contributed by atoms with Crippen LogP contribution in [0.5, 0.6) is 0 Å². The lowest BCUT2D eigenvalue weighted by Gasteiger charge is -2.16. The van der Waals surface area contributed by atoms with Crippen molar-refractivity contribution >= 4 is 0 Å². The van der Waals surface area contributed by atoms with Crippen molar-refractivity contribution in [2.75, 3.05) is 33.4 Å². The van der Waals surface area contributed by atoms with E-state index >= 15 is 0 Å². The van der Waals surface area contributed by atoms with E-state index in [-0.39, 0.29) is 0 Å². The molecular formula is C10H22N2O. The van der Waals surface area contributed by atoms with E-state index in [0.29, 0.717) is 6.04 Å². The Morgan fingerprint density at radius 1 is 1.38 bits per heavy atom. The molecule has 1 unspecified atom stereocenters. The summed E-state index contributed by atoms with van der Waals surface area (Å²) in [4.78, 5) is 0. The van der Waals surface area contributed by atoms with Gasteiger partial charge in [0, 0.05) is 26.2 Å². The number of rotatable bonds is 5. The molecule has 1 heterocycles. The average Bonchev–Trinajstić information content (AvgIpc) is 2.41. The van der Waals surface area contributed by atoms with Gasteiger partial charge in [-0.05, 0) is 19.4 Å². The van der Waals surface area contributed by atoms with Crippen molar-refractivity contribution in [2.45, 2.75) is 31.7 Å². The number of methoxy groups -OCH3 is 1. The van der Waals surface area contributed by atoms with Crippen LogP contribution in [0.1, 0.15) is 25.7 Å². The number of nitrogens with one attached hydrogen (secondary N) is 2. The lowest BCUT2D eigenvalue weighted by Crippen LogP contribution is -2.39. The van der Waals surface area contributed by atoms with Crippen molar-refractivity contribution < 1.29 is 4.74 Å². The summed E-state index contributed by atoms with van der Waals surface area (Å²) in [5.74, 6) is 0. The molecule has 13 heavy (non-hydrogen) atoms. The van der Waals surface area contributed by atoms with Gasteiger partial charge in [0.25, 0.3) is 0 Å². The molecule has 0 aromatic rings. The van der Waals surface area contributed by atoms with Crippen LogP contribution in [0.4, 0.5) is 0 Å².